The van der Waals surface area contributed by atoms with Crippen LogP contribution in [0.2, 0.25) is 0 Å². The molecular weight excluding hydrogens is 2500 g/mol. The molecule has 143 heavy (non-hydrogen) atoms. The maximum absolute atomic E-state index is 14.4. The van der Waals surface area contributed by atoms with Crippen molar-refractivity contribution in [2.75, 3.05) is 0 Å². The molecular formula is C97H78F9Ir3N22O6P6-3. The van der Waals surface area contributed by atoms with Gasteiger partial charge in [0.15, 0.2) is 0 Å². The predicted octanol–water partition coefficient (Wildman–Crippen LogP) is 16.6. The molecule has 0 amide bonds. The molecule has 3 N–H and O–H groups in total. The fourth-order valence-electron chi connectivity index (χ4n) is 13.0. The quantitative estimate of drug-likeness (QED) is 0.0408. The van der Waals surface area contributed by atoms with Gasteiger partial charge in [0.25, 0.3) is 0 Å². The molecule has 46 heteroatoms. The average molecular weight is 2580 g/mol. The number of pyridine rings is 17. The van der Waals surface area contributed by atoms with Gasteiger partial charge in [0.1, 0.15) is 21.8 Å². The third-order valence-corrected chi connectivity index (χ3v) is 38.1. The molecule has 0 fully saturated rings. The molecule has 18 aromatic rings. The summed E-state index contributed by atoms with van der Waals surface area (Å²) in [5, 5.41) is 6.26. The fraction of sp³-hybridized carbons (Fsp3) is 0.0825. The molecule has 18 rings (SSSR count). The maximum Gasteiger partial charge on any atom is 0.421 e. The summed E-state index contributed by atoms with van der Waals surface area (Å²) < 4.78 is 170. The van der Waals surface area contributed by atoms with E-state index in [1.807, 2.05) is 19.9 Å². The van der Waals surface area contributed by atoms with Gasteiger partial charge in [-0.15, -0.1) is 42.0 Å². The molecule has 0 atom stereocenters. The summed E-state index contributed by atoms with van der Waals surface area (Å²) in [6.45, 7) is 8.25. The Bertz CT molecular complexity index is 6780. The number of aromatic nitrogens is 19. The van der Waals surface area contributed by atoms with Crippen LogP contribution in [0.4, 0.5) is 39.5 Å². The van der Waals surface area contributed by atoms with Crippen LogP contribution in [0.15, 0.2) is 381 Å². The molecule has 18 heterocycles. The molecule has 0 saturated heterocycles. The third-order valence-electron chi connectivity index (χ3n) is 19.9. The van der Waals surface area contributed by atoms with E-state index in [4.69, 9.17) is 13.5 Å². The third kappa shape index (κ3) is 28.8. The van der Waals surface area contributed by atoms with E-state index in [-0.39, 0.29) is 71.7 Å². The smallest absolute Gasteiger partial charge is 0.353 e. The van der Waals surface area contributed by atoms with Crippen molar-refractivity contribution in [3.05, 3.63) is 431 Å². The number of alkyl halides is 9. The van der Waals surface area contributed by atoms with Gasteiger partial charge in [-0.2, -0.15) is 45.1 Å². The van der Waals surface area contributed by atoms with Crippen molar-refractivity contribution in [1.82, 2.24) is 94.7 Å². The van der Waals surface area contributed by atoms with Gasteiger partial charge in [-0.3, -0.25) is 88.5 Å². The molecule has 0 aromatic carbocycles. The van der Waals surface area contributed by atoms with Crippen molar-refractivity contribution in [1.29, 1.82) is 0 Å². The Labute approximate surface area is 855 Å². The van der Waals surface area contributed by atoms with Gasteiger partial charge in [-0.1, -0.05) is 43.7 Å². The second-order valence-electron chi connectivity index (χ2n) is 29.5. The molecule has 0 aliphatic heterocycles. The van der Waals surface area contributed by atoms with Crippen LogP contribution in [-0.2, 0) is 92.5 Å². The Balaban J connectivity index is 0.000000178. The zero-order chi connectivity index (χ0) is 99.6. The van der Waals surface area contributed by atoms with Gasteiger partial charge in [0.2, 0.25) is 21.9 Å². The first kappa shape index (κ1) is 112. The Morgan fingerprint density at radius 1 is 0.287 bits per heavy atom. The standard InChI is InChI=1S/3C20H17N5O2P2.2C13H10F3N2.C11H7F3N3.3Ir/c3*26-28(17-1-9-21-10-2-17,18-3-11-22-12-4-18)25-29(27,19-5-13-23-14-6-19)20-7-15-24-16-8-20;1-8-3-5-11(17-7-8)10-4-6-12(13(14,15)16)18-9(10)2;1-8-3-4-11(17-7-8)10-5-9(2)18-12(6-10)13(14,15)16;1-7-8(10-15-5-2-6-16-10)3-4-9(17-7)11(12,13)14;;;/h3*1-16,26H;3,5-7H,1-2H3;3-5,7H,1-2H3;2,4-6H,1H3;;;/q;;;3*-1;;;. The topological polar surface area (TPSA) is 394 Å². The minimum Gasteiger partial charge on any atom is -0.353 e. The molecule has 0 unspecified atom stereocenters. The number of rotatable bonds is 18. The summed E-state index contributed by atoms with van der Waals surface area (Å²) in [4.78, 5) is 111. The van der Waals surface area contributed by atoms with Gasteiger partial charge in [0.05, 0.1) is 22.9 Å². The van der Waals surface area contributed by atoms with Crippen LogP contribution >= 0.6 is 43.7 Å². The van der Waals surface area contributed by atoms with Crippen LogP contribution < -0.4 is 63.7 Å². The minimum absolute atomic E-state index is 0. The van der Waals surface area contributed by atoms with Crippen molar-refractivity contribution < 1.29 is 128 Å². The Kier molecular flexibility index (Phi) is 40.0. The number of hydrogen-bond acceptors (Lipinski definition) is 22. The number of aryl methyl sites for hydroxylation is 5. The summed E-state index contributed by atoms with van der Waals surface area (Å²) in [6.07, 6.45) is 30.7. The number of hydrogen-bond donors (Lipinski definition) is 3. The van der Waals surface area contributed by atoms with Crippen LogP contribution in [0.25, 0.3) is 33.9 Å². The first-order valence-corrected chi connectivity index (χ1v) is 51.5. The van der Waals surface area contributed by atoms with Crippen molar-refractivity contribution in [2.45, 2.75) is 53.1 Å². The van der Waals surface area contributed by atoms with E-state index in [0.717, 1.165) is 23.3 Å². The summed E-state index contributed by atoms with van der Waals surface area (Å²) in [7, 11) is -20.9. The maximum atomic E-state index is 14.4. The summed E-state index contributed by atoms with van der Waals surface area (Å²) in [5.74, 6) is 0.311. The van der Waals surface area contributed by atoms with Crippen LogP contribution in [0.5, 0.6) is 0 Å². The van der Waals surface area contributed by atoms with Gasteiger partial charge >= 0.3 is 18.5 Å². The van der Waals surface area contributed by atoms with E-state index in [9.17, 15) is 67.9 Å². The molecule has 0 bridgehead atoms. The van der Waals surface area contributed by atoms with Gasteiger partial charge in [-0.25, -0.2) is 13.5 Å². The van der Waals surface area contributed by atoms with Crippen LogP contribution in [0, 0.1) is 52.8 Å². The average Bonchev–Trinajstić information content (AvgIpc) is 0.757. The summed E-state index contributed by atoms with van der Waals surface area (Å²) >= 11 is 0. The van der Waals surface area contributed by atoms with Crippen molar-refractivity contribution in [3.8, 4) is 33.9 Å². The zero-order valence-corrected chi connectivity index (χ0v) is 87.7. The van der Waals surface area contributed by atoms with Gasteiger partial charge in [0, 0.05) is 297 Å². The van der Waals surface area contributed by atoms with E-state index in [2.05, 4.69) is 113 Å². The molecule has 18 aromatic heterocycles. The molecule has 0 aliphatic carbocycles. The van der Waals surface area contributed by atoms with E-state index >= 15 is 0 Å². The van der Waals surface area contributed by atoms with Crippen molar-refractivity contribution >= 4 is 107 Å². The van der Waals surface area contributed by atoms with Crippen molar-refractivity contribution in [2.24, 2.45) is 13.5 Å². The number of halogens is 9. The van der Waals surface area contributed by atoms with Gasteiger partial charge in [-0.05, 0) is 212 Å². The van der Waals surface area contributed by atoms with Gasteiger partial charge < -0.3 is 34.6 Å². The summed E-state index contributed by atoms with van der Waals surface area (Å²) in [6, 6.07) is 59.5. The van der Waals surface area contributed by atoms with Crippen molar-refractivity contribution in [3.63, 3.8) is 0 Å². The normalized spacial score (nSPS) is 11.4. The van der Waals surface area contributed by atoms with Crippen LogP contribution in [-0.4, -0.2) is 109 Å². The molecule has 735 valence electrons. The van der Waals surface area contributed by atoms with E-state index < -0.39 is 79.3 Å². The monoisotopic (exact) mass is 2580 g/mol. The Hall–Kier alpha value is -12.8. The molecule has 3 radical (unpaired) electrons. The largest absolute Gasteiger partial charge is 0.421 e. The first-order chi connectivity index (χ1) is 67.1. The minimum atomic E-state index is -4.49. The molecule has 28 nitrogen and oxygen atoms in total. The molecule has 0 saturated carbocycles. The second-order valence-corrected chi connectivity index (χ2v) is 45.0. The zero-order valence-electron chi connectivity index (χ0n) is 75.1. The SMILES string of the molecule is Cc1ccc(-c2[c-]c(C(F)(F)F)nc(C)c2)nc1.Cc1ccc(-c2[c-]cc(C(F)(F)F)nc2C)nc1.Cc1nc(C(F)(F)F)c[c-]c1-c1ncccn1.O=P(N=P(O)(c1ccncc1)c1ccncc1)(c1ccncc1)c1ccncc1.O=P(N=P(O)(c1ccncc1)c1ccncc1)(c1ccncc1)c1ccncc1.O=P(N=P(O)(c1ccncc1)c1ccncc1)(c1ccncc1)c1ccncc1.[Ir].[Ir].[Ir]. The Morgan fingerprint density at radius 3 is 0.748 bits per heavy atom. The van der Waals surface area contributed by atoms with Crippen LogP contribution in [0.1, 0.15) is 45.3 Å². The second kappa shape index (κ2) is 50.9. The first-order valence-electron chi connectivity index (χ1n) is 41.4. The molecule has 0 spiro atoms. The number of nitrogens with zero attached hydrogens (tertiary/aromatic N) is 22. The summed E-state index contributed by atoms with van der Waals surface area (Å²) in [5.41, 5.74) is 1.96. The van der Waals surface area contributed by atoms with E-state index in [1.54, 1.807) is 331 Å². The van der Waals surface area contributed by atoms with Crippen LogP contribution in [0.3, 0.4) is 0 Å². The predicted molar refractivity (Wildman–Crippen MR) is 519 cm³/mol. The Morgan fingerprint density at radius 2 is 0.524 bits per heavy atom. The fourth-order valence-corrected chi connectivity index (χ4v) is 30.6. The molecule has 0 aliphatic rings. The van der Waals surface area contributed by atoms with E-state index in [0.29, 0.717) is 103 Å². The van der Waals surface area contributed by atoms with E-state index in [1.165, 1.54) is 39.2 Å².